The second-order valence-electron chi connectivity index (χ2n) is 4.34. The summed E-state index contributed by atoms with van der Waals surface area (Å²) in [4.78, 5) is 12.2. The monoisotopic (exact) mass is 318 g/mol. The van der Waals surface area contributed by atoms with E-state index in [1.165, 1.54) is 0 Å². The van der Waals surface area contributed by atoms with Crippen LogP contribution in [0.1, 0.15) is 26.3 Å². The number of ketones is 1. The van der Waals surface area contributed by atoms with Crippen LogP contribution >= 0.6 is 15.9 Å². The SMILES string of the molecule is COc1ccc(C)cc1C(=O)C(Br)c1ccccc1. The maximum absolute atomic E-state index is 12.6. The van der Waals surface area contributed by atoms with Crippen molar-refractivity contribution in [3.05, 3.63) is 65.2 Å². The van der Waals surface area contributed by atoms with Crippen molar-refractivity contribution < 1.29 is 9.53 Å². The van der Waals surface area contributed by atoms with Gasteiger partial charge in [0.2, 0.25) is 0 Å². The van der Waals surface area contributed by atoms with E-state index in [-0.39, 0.29) is 10.6 Å². The van der Waals surface area contributed by atoms with Crippen molar-refractivity contribution in [2.75, 3.05) is 7.11 Å². The molecule has 0 bridgehead atoms. The fourth-order valence-corrected chi connectivity index (χ4v) is 2.48. The molecule has 0 aromatic heterocycles. The molecule has 2 nitrogen and oxygen atoms in total. The number of Topliss-reactive ketones (excluding diaryl/α,β-unsaturated/α-hetero) is 1. The summed E-state index contributed by atoms with van der Waals surface area (Å²) in [6.07, 6.45) is 0. The number of benzene rings is 2. The molecule has 0 heterocycles. The molecule has 0 radical (unpaired) electrons. The first-order valence-corrected chi connectivity index (χ1v) is 6.93. The van der Waals surface area contributed by atoms with Gasteiger partial charge in [0.1, 0.15) is 10.6 Å². The number of hydrogen-bond donors (Lipinski definition) is 0. The van der Waals surface area contributed by atoms with Gasteiger partial charge in [0, 0.05) is 0 Å². The Bertz CT molecular complexity index is 579. The Hall–Kier alpha value is -1.61. The van der Waals surface area contributed by atoms with E-state index in [2.05, 4.69) is 15.9 Å². The number of aryl methyl sites for hydroxylation is 1. The first-order chi connectivity index (χ1) is 9.13. The van der Waals surface area contributed by atoms with Crippen LogP contribution in [-0.4, -0.2) is 12.9 Å². The van der Waals surface area contributed by atoms with Gasteiger partial charge < -0.3 is 4.74 Å². The lowest BCUT2D eigenvalue weighted by atomic mass is 10.0. The topological polar surface area (TPSA) is 26.3 Å². The minimum atomic E-state index is -0.357. The van der Waals surface area contributed by atoms with Crippen molar-refractivity contribution in [3.8, 4) is 5.75 Å². The van der Waals surface area contributed by atoms with E-state index in [4.69, 9.17) is 4.74 Å². The summed E-state index contributed by atoms with van der Waals surface area (Å²) in [6.45, 7) is 1.96. The van der Waals surface area contributed by atoms with Gasteiger partial charge in [0.25, 0.3) is 0 Å². The number of methoxy groups -OCH3 is 1. The van der Waals surface area contributed by atoms with Gasteiger partial charge in [-0.1, -0.05) is 57.9 Å². The molecule has 2 aromatic carbocycles. The zero-order chi connectivity index (χ0) is 13.8. The van der Waals surface area contributed by atoms with Gasteiger partial charge >= 0.3 is 0 Å². The maximum atomic E-state index is 12.6. The highest BCUT2D eigenvalue weighted by Crippen LogP contribution is 2.31. The van der Waals surface area contributed by atoms with Crippen LogP contribution < -0.4 is 4.74 Å². The van der Waals surface area contributed by atoms with Gasteiger partial charge in [0.05, 0.1) is 12.7 Å². The Morgan fingerprint density at radius 1 is 1.16 bits per heavy atom. The van der Waals surface area contributed by atoms with Gasteiger partial charge in [-0.05, 0) is 24.6 Å². The molecular weight excluding hydrogens is 304 g/mol. The summed E-state index contributed by atoms with van der Waals surface area (Å²) in [6, 6.07) is 15.3. The number of alkyl halides is 1. The molecule has 0 aliphatic carbocycles. The number of hydrogen-bond acceptors (Lipinski definition) is 2. The van der Waals surface area contributed by atoms with E-state index in [0.29, 0.717) is 11.3 Å². The highest BCUT2D eigenvalue weighted by atomic mass is 79.9. The van der Waals surface area contributed by atoms with E-state index in [0.717, 1.165) is 11.1 Å². The smallest absolute Gasteiger partial charge is 0.184 e. The van der Waals surface area contributed by atoms with Crippen molar-refractivity contribution >= 4 is 21.7 Å². The van der Waals surface area contributed by atoms with E-state index < -0.39 is 0 Å². The molecule has 0 saturated carbocycles. The lowest BCUT2D eigenvalue weighted by Gasteiger charge is -2.13. The summed E-state index contributed by atoms with van der Waals surface area (Å²) in [5, 5.41) is 0. The Morgan fingerprint density at radius 2 is 1.84 bits per heavy atom. The van der Waals surface area contributed by atoms with E-state index >= 15 is 0 Å². The van der Waals surface area contributed by atoms with Crippen molar-refractivity contribution in [1.82, 2.24) is 0 Å². The van der Waals surface area contributed by atoms with Crippen LogP contribution in [0.4, 0.5) is 0 Å². The lowest BCUT2D eigenvalue weighted by Crippen LogP contribution is -2.09. The average Bonchev–Trinajstić information content (AvgIpc) is 2.46. The highest BCUT2D eigenvalue weighted by molar-refractivity contribution is 9.09. The van der Waals surface area contributed by atoms with Crippen LogP contribution in [0.5, 0.6) is 5.75 Å². The molecule has 0 N–H and O–H groups in total. The number of carbonyl (C=O) groups is 1. The second-order valence-corrected chi connectivity index (χ2v) is 5.26. The molecule has 1 atom stereocenters. The Balaban J connectivity index is 2.37. The fourth-order valence-electron chi connectivity index (χ4n) is 1.92. The third-order valence-electron chi connectivity index (χ3n) is 2.94. The molecule has 2 rings (SSSR count). The van der Waals surface area contributed by atoms with Crippen molar-refractivity contribution in [2.24, 2.45) is 0 Å². The third kappa shape index (κ3) is 3.04. The quantitative estimate of drug-likeness (QED) is 0.619. The van der Waals surface area contributed by atoms with Crippen LogP contribution in [0.15, 0.2) is 48.5 Å². The van der Waals surface area contributed by atoms with Crippen LogP contribution in [0.25, 0.3) is 0 Å². The highest BCUT2D eigenvalue weighted by Gasteiger charge is 2.22. The van der Waals surface area contributed by atoms with Crippen molar-refractivity contribution in [3.63, 3.8) is 0 Å². The van der Waals surface area contributed by atoms with Gasteiger partial charge in [-0.3, -0.25) is 4.79 Å². The number of halogens is 1. The summed E-state index contributed by atoms with van der Waals surface area (Å²) < 4.78 is 5.27. The maximum Gasteiger partial charge on any atom is 0.184 e. The minimum Gasteiger partial charge on any atom is -0.496 e. The normalized spacial score (nSPS) is 11.9. The third-order valence-corrected chi connectivity index (χ3v) is 3.89. The molecule has 0 saturated heterocycles. The van der Waals surface area contributed by atoms with Crippen LogP contribution in [0.2, 0.25) is 0 Å². The molecule has 0 amide bonds. The van der Waals surface area contributed by atoms with Crippen molar-refractivity contribution in [2.45, 2.75) is 11.8 Å². The molecule has 0 aliphatic heterocycles. The first-order valence-electron chi connectivity index (χ1n) is 6.01. The number of carbonyl (C=O) groups excluding carboxylic acids is 1. The molecule has 1 unspecified atom stereocenters. The summed E-state index contributed by atoms with van der Waals surface area (Å²) in [7, 11) is 1.58. The van der Waals surface area contributed by atoms with Gasteiger partial charge in [-0.15, -0.1) is 0 Å². The number of ether oxygens (including phenoxy) is 1. The van der Waals surface area contributed by atoms with Crippen molar-refractivity contribution in [1.29, 1.82) is 0 Å². The lowest BCUT2D eigenvalue weighted by molar-refractivity contribution is 0.0988. The zero-order valence-electron chi connectivity index (χ0n) is 10.9. The van der Waals surface area contributed by atoms with Gasteiger partial charge in [-0.25, -0.2) is 0 Å². The predicted molar refractivity (Wildman–Crippen MR) is 80.2 cm³/mol. The molecular formula is C16H15BrO2. The summed E-state index contributed by atoms with van der Waals surface area (Å²) >= 11 is 3.47. The second kappa shape index (κ2) is 6.02. The molecule has 98 valence electrons. The Kier molecular flexibility index (Phi) is 4.38. The predicted octanol–water partition coefficient (Wildman–Crippen LogP) is 4.32. The molecule has 19 heavy (non-hydrogen) atoms. The van der Waals surface area contributed by atoms with Gasteiger partial charge in [0.15, 0.2) is 5.78 Å². The largest absolute Gasteiger partial charge is 0.496 e. The first kappa shape index (κ1) is 13.8. The van der Waals surface area contributed by atoms with Gasteiger partial charge in [-0.2, -0.15) is 0 Å². The number of rotatable bonds is 4. The van der Waals surface area contributed by atoms with E-state index in [1.54, 1.807) is 7.11 Å². The van der Waals surface area contributed by atoms with Crippen LogP contribution in [0, 0.1) is 6.92 Å². The fraction of sp³-hybridized carbons (Fsp3) is 0.188. The molecule has 2 aromatic rings. The van der Waals surface area contributed by atoms with E-state index in [9.17, 15) is 4.79 Å². The minimum absolute atomic E-state index is 0.00625. The average molecular weight is 319 g/mol. The Morgan fingerprint density at radius 3 is 2.47 bits per heavy atom. The molecule has 0 spiro atoms. The molecule has 0 aliphatic rings. The van der Waals surface area contributed by atoms with E-state index in [1.807, 2.05) is 55.5 Å². The Labute approximate surface area is 121 Å². The summed E-state index contributed by atoms with van der Waals surface area (Å²) in [5.74, 6) is 0.614. The molecule has 0 fully saturated rings. The standard InChI is InChI=1S/C16H15BrO2/c1-11-8-9-14(19-2)13(10-11)16(18)15(17)12-6-4-3-5-7-12/h3-10,15H,1-2H3. The molecule has 3 heteroatoms. The van der Waals surface area contributed by atoms with Crippen LogP contribution in [0.3, 0.4) is 0 Å². The summed E-state index contributed by atoms with van der Waals surface area (Å²) in [5.41, 5.74) is 2.58. The van der Waals surface area contributed by atoms with Crippen LogP contribution in [-0.2, 0) is 0 Å². The zero-order valence-corrected chi connectivity index (χ0v) is 12.5.